The zero-order valence-electron chi connectivity index (χ0n) is 25.1. The molecule has 8 heteroatoms. The molecule has 0 saturated heterocycles. The minimum atomic E-state index is -3.42. The van der Waals surface area contributed by atoms with E-state index in [2.05, 4.69) is 4.98 Å². The number of sulfone groups is 2. The van der Waals surface area contributed by atoms with Crippen LogP contribution in [0.25, 0.3) is 44.3 Å². The Balaban J connectivity index is 1.73. The number of nitrogens with zero attached hydrogens (tertiary/aromatic N) is 1. The Bertz CT molecular complexity index is 2070. The van der Waals surface area contributed by atoms with Gasteiger partial charge in [0.2, 0.25) is 0 Å². The first-order chi connectivity index (χ1) is 20.0. The summed E-state index contributed by atoms with van der Waals surface area (Å²) in [6.07, 6.45) is 4.16. The topological polar surface area (TPSA) is 101 Å². The van der Waals surface area contributed by atoms with Crippen molar-refractivity contribution in [1.29, 1.82) is 0 Å². The third-order valence-corrected chi connectivity index (χ3v) is 11.3. The van der Waals surface area contributed by atoms with Crippen molar-refractivity contribution in [3.63, 3.8) is 0 Å². The summed E-state index contributed by atoms with van der Waals surface area (Å²) >= 11 is 0. The van der Waals surface area contributed by atoms with E-state index in [1.165, 1.54) is 12.5 Å². The molecule has 0 amide bonds. The molecule has 0 aliphatic heterocycles. The predicted molar refractivity (Wildman–Crippen MR) is 174 cm³/mol. The molecule has 1 N–H and O–H groups in total. The van der Waals surface area contributed by atoms with E-state index in [4.69, 9.17) is 0 Å². The van der Waals surface area contributed by atoms with Crippen LogP contribution in [-0.4, -0.2) is 39.4 Å². The summed E-state index contributed by atoms with van der Waals surface area (Å²) in [5.74, 6) is 0. The molecule has 4 aromatic carbocycles. The molecule has 0 unspecified atom stereocenters. The zero-order chi connectivity index (χ0) is 31.4. The number of fused-ring (bicyclic) bond motifs is 1. The Kier molecular flexibility index (Phi) is 7.61. The van der Waals surface area contributed by atoms with Crippen LogP contribution in [0.2, 0.25) is 0 Å². The fraction of sp³-hybridized carbons (Fsp3) is 0.229. The van der Waals surface area contributed by atoms with Crippen molar-refractivity contribution in [3.8, 4) is 33.4 Å². The lowest BCUT2D eigenvalue weighted by Crippen LogP contribution is -2.28. The molecule has 5 aromatic rings. The molecule has 0 radical (unpaired) electrons. The number of hydrogen-bond donors (Lipinski definition) is 1. The molecule has 0 bridgehead atoms. The second kappa shape index (κ2) is 10.7. The highest BCUT2D eigenvalue weighted by Crippen LogP contribution is 2.40. The van der Waals surface area contributed by atoms with Crippen molar-refractivity contribution in [3.05, 3.63) is 108 Å². The maximum atomic E-state index is 12.8. The Labute approximate surface area is 253 Å². The fourth-order valence-electron chi connectivity index (χ4n) is 5.13. The van der Waals surface area contributed by atoms with Crippen LogP contribution in [-0.2, 0) is 30.0 Å². The van der Waals surface area contributed by atoms with E-state index in [1.807, 2.05) is 66.7 Å². The third kappa shape index (κ3) is 6.00. The number of aliphatic hydroxyl groups is 1. The summed E-state index contributed by atoms with van der Waals surface area (Å²) in [6, 6.07) is 28.1. The highest BCUT2D eigenvalue weighted by atomic mass is 32.2. The van der Waals surface area contributed by atoms with Gasteiger partial charge in [0.1, 0.15) is 0 Å². The second-order valence-corrected chi connectivity index (χ2v) is 16.7. The number of aromatic nitrogens is 1. The molecule has 222 valence electrons. The van der Waals surface area contributed by atoms with E-state index in [0.717, 1.165) is 49.8 Å². The molecular formula is C35H35NO5S2. The van der Waals surface area contributed by atoms with Crippen molar-refractivity contribution in [1.82, 2.24) is 4.98 Å². The van der Waals surface area contributed by atoms with Gasteiger partial charge in [-0.1, -0.05) is 48.5 Å². The van der Waals surface area contributed by atoms with Crippen LogP contribution < -0.4 is 0 Å². The summed E-state index contributed by atoms with van der Waals surface area (Å²) in [6.45, 7) is 6.88. The van der Waals surface area contributed by atoms with Gasteiger partial charge >= 0.3 is 0 Å². The van der Waals surface area contributed by atoms with Gasteiger partial charge in [-0.3, -0.25) is 4.98 Å². The molecule has 0 fully saturated rings. The smallest absolute Gasteiger partial charge is 0.175 e. The molecule has 0 atom stereocenters. The van der Waals surface area contributed by atoms with E-state index in [1.54, 1.807) is 58.2 Å². The summed E-state index contributed by atoms with van der Waals surface area (Å²) in [5, 5.41) is 11.6. The molecule has 0 saturated carbocycles. The summed E-state index contributed by atoms with van der Waals surface area (Å²) in [5.41, 5.74) is 6.22. The molecule has 1 aromatic heterocycles. The van der Waals surface area contributed by atoms with Gasteiger partial charge in [-0.05, 0) is 109 Å². The molecular weight excluding hydrogens is 579 g/mol. The standard InChI is InChI=1S/C35H35NO5S2/c1-34(2,37)27-14-17-30(31(21-27)23-12-15-29(16-13-23)42(5,38)39)24-9-7-10-25(19-24)32-22-28(35(3,4)43(6,40)41)20-26-11-8-18-36-33(26)32/h7-22,37H,1-6H3. The largest absolute Gasteiger partial charge is 0.386 e. The quantitative estimate of drug-likeness (QED) is 0.209. The predicted octanol–water partition coefficient (Wildman–Crippen LogP) is 7.15. The normalized spacial score (nSPS) is 12.9. The molecule has 1 heterocycles. The Morgan fingerprint density at radius 3 is 1.86 bits per heavy atom. The SMILES string of the molecule is CC(C)(O)c1ccc(-c2cccc(-c3cc(C(C)(C)S(C)(=O)=O)cc4cccnc34)c2)c(-c2ccc(S(C)(=O)=O)cc2)c1. The summed E-state index contributed by atoms with van der Waals surface area (Å²) in [4.78, 5) is 4.88. The van der Waals surface area contributed by atoms with Crippen LogP contribution in [0.3, 0.4) is 0 Å². The Hall–Kier alpha value is -3.85. The lowest BCUT2D eigenvalue weighted by molar-refractivity contribution is 0.0786. The minimum Gasteiger partial charge on any atom is -0.386 e. The highest BCUT2D eigenvalue weighted by molar-refractivity contribution is 7.91. The third-order valence-electron chi connectivity index (χ3n) is 8.13. The number of pyridine rings is 1. The number of rotatable bonds is 7. The van der Waals surface area contributed by atoms with Crippen LogP contribution in [0, 0.1) is 0 Å². The van der Waals surface area contributed by atoms with E-state index in [-0.39, 0.29) is 4.90 Å². The first kappa shape index (κ1) is 30.6. The molecule has 0 aliphatic rings. The highest BCUT2D eigenvalue weighted by Gasteiger charge is 2.33. The number of hydrogen-bond acceptors (Lipinski definition) is 6. The van der Waals surface area contributed by atoms with Gasteiger partial charge in [-0.15, -0.1) is 0 Å². The summed E-state index contributed by atoms with van der Waals surface area (Å²) in [7, 11) is -6.77. The van der Waals surface area contributed by atoms with Crippen LogP contribution in [0.1, 0.15) is 38.8 Å². The van der Waals surface area contributed by atoms with Gasteiger partial charge in [-0.2, -0.15) is 0 Å². The summed E-state index contributed by atoms with van der Waals surface area (Å²) < 4.78 is 48.6. The van der Waals surface area contributed by atoms with E-state index in [0.29, 0.717) is 5.56 Å². The van der Waals surface area contributed by atoms with Gasteiger partial charge in [-0.25, -0.2) is 16.8 Å². The van der Waals surface area contributed by atoms with Gasteiger partial charge in [0.05, 0.1) is 20.8 Å². The van der Waals surface area contributed by atoms with E-state index in [9.17, 15) is 21.9 Å². The van der Waals surface area contributed by atoms with Crippen molar-refractivity contribution in [2.45, 2.75) is 42.9 Å². The van der Waals surface area contributed by atoms with Crippen LogP contribution >= 0.6 is 0 Å². The van der Waals surface area contributed by atoms with Crippen LogP contribution in [0.15, 0.2) is 102 Å². The van der Waals surface area contributed by atoms with Crippen LogP contribution in [0.5, 0.6) is 0 Å². The van der Waals surface area contributed by atoms with Crippen LogP contribution in [0.4, 0.5) is 0 Å². The Morgan fingerprint density at radius 1 is 0.628 bits per heavy atom. The van der Waals surface area contributed by atoms with Gasteiger partial charge in [0, 0.05) is 29.7 Å². The average molecular weight is 614 g/mol. The van der Waals surface area contributed by atoms with E-state index >= 15 is 0 Å². The van der Waals surface area contributed by atoms with Gasteiger partial charge in [0.25, 0.3) is 0 Å². The molecule has 5 rings (SSSR count). The molecule has 43 heavy (non-hydrogen) atoms. The lowest BCUT2D eigenvalue weighted by Gasteiger charge is -2.24. The average Bonchev–Trinajstić information content (AvgIpc) is 2.95. The van der Waals surface area contributed by atoms with Crippen molar-refractivity contribution in [2.24, 2.45) is 0 Å². The second-order valence-electron chi connectivity index (χ2n) is 12.1. The van der Waals surface area contributed by atoms with E-state index < -0.39 is 30.0 Å². The zero-order valence-corrected chi connectivity index (χ0v) is 26.7. The molecule has 0 spiro atoms. The van der Waals surface area contributed by atoms with Gasteiger partial charge in [0.15, 0.2) is 19.7 Å². The first-order valence-electron chi connectivity index (χ1n) is 13.8. The van der Waals surface area contributed by atoms with Gasteiger partial charge < -0.3 is 5.11 Å². The lowest BCUT2D eigenvalue weighted by atomic mass is 9.87. The maximum Gasteiger partial charge on any atom is 0.175 e. The fourth-order valence-corrected chi connectivity index (χ4v) is 6.30. The van der Waals surface area contributed by atoms with Crippen molar-refractivity contribution < 1.29 is 21.9 Å². The van der Waals surface area contributed by atoms with Crippen molar-refractivity contribution >= 4 is 30.6 Å². The first-order valence-corrected chi connectivity index (χ1v) is 17.6. The van der Waals surface area contributed by atoms with Crippen molar-refractivity contribution in [2.75, 3.05) is 12.5 Å². The molecule has 6 nitrogen and oxygen atoms in total. The molecule has 0 aliphatic carbocycles. The minimum absolute atomic E-state index is 0.231. The Morgan fingerprint density at radius 2 is 1.26 bits per heavy atom. The number of benzene rings is 4. The maximum absolute atomic E-state index is 12.8. The monoisotopic (exact) mass is 613 g/mol.